The lowest BCUT2D eigenvalue weighted by Gasteiger charge is -2.38. The van der Waals surface area contributed by atoms with E-state index in [-0.39, 0.29) is 0 Å². The smallest absolute Gasteiger partial charge is 0.404 e. The summed E-state index contributed by atoms with van der Waals surface area (Å²) >= 11 is 1.38. The Kier molecular flexibility index (Phi) is 4.60. The van der Waals surface area contributed by atoms with Crippen LogP contribution in [0.25, 0.3) is 0 Å². The molecule has 3 rings (SSSR count). The van der Waals surface area contributed by atoms with E-state index in [1.54, 1.807) is 6.92 Å². The first-order valence-corrected chi connectivity index (χ1v) is 9.36. The fraction of sp³-hybridized carbons (Fsp3) is 0.385. The third-order valence-electron chi connectivity index (χ3n) is 3.35. The number of nitrogens with one attached hydrogen (secondary N) is 1. The van der Waals surface area contributed by atoms with E-state index in [1.807, 2.05) is 4.90 Å². The van der Waals surface area contributed by atoms with Crippen molar-refractivity contribution in [1.29, 1.82) is 0 Å². The third kappa shape index (κ3) is 4.19. The first-order valence-electron chi connectivity index (χ1n) is 7.06. The van der Waals surface area contributed by atoms with Crippen molar-refractivity contribution in [2.24, 2.45) is 0 Å². The number of alkyl halides is 3. The lowest BCUT2D eigenvalue weighted by Crippen LogP contribution is -2.59. The van der Waals surface area contributed by atoms with Gasteiger partial charge in [-0.3, -0.25) is 0 Å². The molecule has 0 bridgehead atoms. The van der Waals surface area contributed by atoms with E-state index in [9.17, 15) is 21.6 Å². The molecule has 7 nitrogen and oxygen atoms in total. The van der Waals surface area contributed by atoms with Crippen molar-refractivity contribution in [3.8, 4) is 5.75 Å². The van der Waals surface area contributed by atoms with E-state index in [0.29, 0.717) is 18.2 Å². The molecule has 2 heterocycles. The Balaban J connectivity index is 1.69. The molecular weight excluding hydrogens is 381 g/mol. The van der Waals surface area contributed by atoms with Crippen molar-refractivity contribution in [2.75, 3.05) is 18.0 Å². The van der Waals surface area contributed by atoms with E-state index in [0.717, 1.165) is 17.1 Å². The van der Waals surface area contributed by atoms with Gasteiger partial charge in [-0.2, -0.15) is 0 Å². The molecule has 1 aliphatic rings. The molecule has 0 radical (unpaired) electrons. The van der Waals surface area contributed by atoms with Gasteiger partial charge in [0.2, 0.25) is 15.2 Å². The average Bonchev–Trinajstić information content (AvgIpc) is 2.87. The lowest BCUT2D eigenvalue weighted by atomic mass is 10.1. The highest BCUT2D eigenvalue weighted by Gasteiger charge is 2.36. The van der Waals surface area contributed by atoms with E-state index >= 15 is 0 Å². The van der Waals surface area contributed by atoms with Crippen LogP contribution in [0.1, 0.15) is 5.01 Å². The molecule has 0 aliphatic carbocycles. The number of halogens is 3. The van der Waals surface area contributed by atoms with Crippen LogP contribution in [0.5, 0.6) is 5.75 Å². The number of benzene rings is 1. The second-order valence-corrected chi connectivity index (χ2v) is 8.16. The number of nitrogens with zero attached hydrogens (tertiary/aromatic N) is 3. The molecule has 25 heavy (non-hydrogen) atoms. The normalized spacial score (nSPS) is 15.9. The quantitative estimate of drug-likeness (QED) is 0.834. The van der Waals surface area contributed by atoms with Crippen molar-refractivity contribution in [3.05, 3.63) is 29.3 Å². The second kappa shape index (κ2) is 6.42. The zero-order valence-electron chi connectivity index (χ0n) is 12.8. The van der Waals surface area contributed by atoms with Gasteiger partial charge in [0.15, 0.2) is 0 Å². The summed E-state index contributed by atoms with van der Waals surface area (Å²) in [6.45, 7) is 2.52. The van der Waals surface area contributed by atoms with Crippen LogP contribution < -0.4 is 14.4 Å². The van der Waals surface area contributed by atoms with Gasteiger partial charge in [-0.25, -0.2) is 13.1 Å². The van der Waals surface area contributed by atoms with Crippen LogP contribution in [0.3, 0.4) is 0 Å². The Morgan fingerprint density at radius 1 is 1.28 bits per heavy atom. The topological polar surface area (TPSA) is 84.4 Å². The fourth-order valence-corrected chi connectivity index (χ4v) is 4.34. The molecule has 1 fully saturated rings. The summed E-state index contributed by atoms with van der Waals surface area (Å²) in [7, 11) is -4.16. The first-order chi connectivity index (χ1) is 11.6. The molecule has 1 aromatic carbocycles. The second-order valence-electron chi connectivity index (χ2n) is 5.32. The Labute approximate surface area is 145 Å². The zero-order valence-corrected chi connectivity index (χ0v) is 14.5. The predicted molar refractivity (Wildman–Crippen MR) is 84.1 cm³/mol. The number of ether oxygens (including phenoxy) is 1. The number of anilines is 1. The van der Waals surface area contributed by atoms with Crippen LogP contribution in [-0.4, -0.2) is 44.1 Å². The Morgan fingerprint density at radius 3 is 2.56 bits per heavy atom. The van der Waals surface area contributed by atoms with Crippen molar-refractivity contribution in [1.82, 2.24) is 14.9 Å². The monoisotopic (exact) mass is 394 g/mol. The largest absolute Gasteiger partial charge is 0.573 e. The van der Waals surface area contributed by atoms with Gasteiger partial charge in [-0.1, -0.05) is 23.5 Å². The van der Waals surface area contributed by atoms with Gasteiger partial charge in [0, 0.05) is 13.1 Å². The Hall–Kier alpha value is -1.92. The molecule has 0 amide bonds. The molecule has 1 aliphatic heterocycles. The maximum Gasteiger partial charge on any atom is 0.573 e. The van der Waals surface area contributed by atoms with E-state index in [1.165, 1.54) is 23.5 Å². The third-order valence-corrected chi connectivity index (χ3v) is 5.81. The summed E-state index contributed by atoms with van der Waals surface area (Å²) in [5.41, 5.74) is 0. The molecule has 2 aromatic rings. The SMILES string of the molecule is Cc1nnc(N2CC(NS(=O)(=O)c3ccccc3OC(F)(F)F)C2)s1. The van der Waals surface area contributed by atoms with Crippen LogP contribution in [0, 0.1) is 6.92 Å². The van der Waals surface area contributed by atoms with Gasteiger partial charge >= 0.3 is 6.36 Å². The van der Waals surface area contributed by atoms with Gasteiger partial charge in [-0.05, 0) is 19.1 Å². The average molecular weight is 394 g/mol. The number of rotatable bonds is 5. The van der Waals surface area contributed by atoms with Crippen molar-refractivity contribution >= 4 is 26.5 Å². The van der Waals surface area contributed by atoms with Gasteiger partial charge in [0.05, 0.1) is 6.04 Å². The number of hydrogen-bond donors (Lipinski definition) is 1. The summed E-state index contributed by atoms with van der Waals surface area (Å²) in [5, 5.41) is 9.29. The van der Waals surface area contributed by atoms with Gasteiger partial charge in [0.1, 0.15) is 15.7 Å². The van der Waals surface area contributed by atoms with E-state index in [4.69, 9.17) is 0 Å². The minimum atomic E-state index is -4.98. The summed E-state index contributed by atoms with van der Waals surface area (Å²) < 4.78 is 68.3. The van der Waals surface area contributed by atoms with E-state index in [2.05, 4.69) is 19.7 Å². The summed E-state index contributed by atoms with van der Waals surface area (Å²) in [6, 6.07) is 4.18. The number of aryl methyl sites for hydroxylation is 1. The summed E-state index contributed by atoms with van der Waals surface area (Å²) in [4.78, 5) is 1.27. The minimum absolute atomic E-state index is 0.357. The highest BCUT2D eigenvalue weighted by molar-refractivity contribution is 7.89. The zero-order chi connectivity index (χ0) is 18.2. The molecule has 0 unspecified atom stereocenters. The Bertz CT molecular complexity index is 863. The summed E-state index contributed by atoms with van der Waals surface area (Å²) in [5.74, 6) is -0.765. The van der Waals surface area contributed by atoms with E-state index < -0.39 is 33.1 Å². The lowest BCUT2D eigenvalue weighted by molar-refractivity contribution is -0.275. The highest BCUT2D eigenvalue weighted by atomic mass is 32.2. The highest BCUT2D eigenvalue weighted by Crippen LogP contribution is 2.30. The molecule has 1 saturated heterocycles. The molecule has 0 spiro atoms. The molecule has 1 N–H and O–H groups in total. The van der Waals surface area contributed by atoms with Crippen LogP contribution in [-0.2, 0) is 10.0 Å². The standard InChI is InChI=1S/C13H13F3N4O3S2/c1-8-17-18-12(24-8)20-6-9(7-20)19-25(21,22)11-5-3-2-4-10(11)23-13(14,15)16/h2-5,9,19H,6-7H2,1H3. The number of aromatic nitrogens is 2. The molecule has 12 heteroatoms. The van der Waals surface area contributed by atoms with Gasteiger partial charge in [-0.15, -0.1) is 23.4 Å². The van der Waals surface area contributed by atoms with Gasteiger partial charge in [0.25, 0.3) is 0 Å². The summed E-state index contributed by atoms with van der Waals surface area (Å²) in [6.07, 6.45) is -4.98. The van der Waals surface area contributed by atoms with Crippen LogP contribution in [0.4, 0.5) is 18.3 Å². The molecule has 136 valence electrons. The van der Waals surface area contributed by atoms with Crippen LogP contribution in [0.2, 0.25) is 0 Å². The fourth-order valence-electron chi connectivity index (χ4n) is 2.29. The maximum absolute atomic E-state index is 12.4. The minimum Gasteiger partial charge on any atom is -0.404 e. The molecule has 0 atom stereocenters. The van der Waals surface area contributed by atoms with Crippen molar-refractivity contribution in [3.63, 3.8) is 0 Å². The maximum atomic E-state index is 12.4. The van der Waals surface area contributed by atoms with Crippen molar-refractivity contribution in [2.45, 2.75) is 24.2 Å². The number of hydrogen-bond acceptors (Lipinski definition) is 7. The molecule has 1 aromatic heterocycles. The predicted octanol–water partition coefficient (Wildman–Crippen LogP) is 1.91. The number of sulfonamides is 1. The van der Waals surface area contributed by atoms with Crippen molar-refractivity contribution < 1.29 is 26.3 Å². The molecular formula is C13H13F3N4O3S2. The van der Waals surface area contributed by atoms with Crippen LogP contribution >= 0.6 is 11.3 Å². The van der Waals surface area contributed by atoms with Gasteiger partial charge < -0.3 is 9.64 Å². The Morgan fingerprint density at radius 2 is 1.96 bits per heavy atom. The molecule has 0 saturated carbocycles. The van der Waals surface area contributed by atoms with Crippen LogP contribution in [0.15, 0.2) is 29.2 Å². The number of para-hydroxylation sites is 1. The first kappa shape index (κ1) is 17.9.